The summed E-state index contributed by atoms with van der Waals surface area (Å²) in [5.74, 6) is 0.259. The van der Waals surface area contributed by atoms with Gasteiger partial charge in [0.1, 0.15) is 0 Å². The first-order valence-corrected chi connectivity index (χ1v) is 3.70. The number of nitrogens with one attached hydrogen (secondary N) is 1. The average molecular weight is 162 g/mol. The van der Waals surface area contributed by atoms with E-state index in [0.29, 0.717) is 4.91 Å². The minimum Gasteiger partial charge on any atom is -0.282 e. The molecular formula is C8H6N2S. The maximum atomic E-state index is 7.36. The Labute approximate surface area is 69.2 Å². The lowest BCUT2D eigenvalue weighted by molar-refractivity contribution is 1.37. The smallest absolute Gasteiger partial charge is 0.159 e. The first-order chi connectivity index (χ1) is 5.29. The second-order valence-corrected chi connectivity index (χ2v) is 2.77. The van der Waals surface area contributed by atoms with Gasteiger partial charge in [-0.15, -0.1) is 12.6 Å². The van der Waals surface area contributed by atoms with Crippen LogP contribution in [0.2, 0.25) is 0 Å². The van der Waals surface area contributed by atoms with E-state index in [4.69, 9.17) is 5.41 Å². The van der Waals surface area contributed by atoms with Crippen molar-refractivity contribution in [1.82, 2.24) is 0 Å². The van der Waals surface area contributed by atoms with Gasteiger partial charge in [0.25, 0.3) is 0 Å². The van der Waals surface area contributed by atoms with Gasteiger partial charge in [-0.3, -0.25) is 5.41 Å². The normalized spacial score (nSPS) is 14.6. The summed E-state index contributed by atoms with van der Waals surface area (Å²) in [4.78, 5) is 4.67. The molecule has 1 heterocycles. The quantitative estimate of drug-likeness (QED) is 0.516. The molecule has 0 atom stereocenters. The summed E-state index contributed by atoms with van der Waals surface area (Å²) >= 11 is 4.16. The molecule has 2 rings (SSSR count). The molecule has 0 fully saturated rings. The van der Waals surface area contributed by atoms with Crippen molar-refractivity contribution in [2.45, 2.75) is 0 Å². The number of benzene rings is 1. The highest BCUT2D eigenvalue weighted by atomic mass is 32.1. The van der Waals surface area contributed by atoms with Gasteiger partial charge >= 0.3 is 0 Å². The molecule has 0 bridgehead atoms. The lowest BCUT2D eigenvalue weighted by Gasteiger charge is -1.85. The van der Waals surface area contributed by atoms with Crippen molar-refractivity contribution in [2.75, 3.05) is 0 Å². The van der Waals surface area contributed by atoms with Crippen LogP contribution in [-0.2, 0) is 0 Å². The van der Waals surface area contributed by atoms with Gasteiger partial charge in [0.15, 0.2) is 5.84 Å². The lowest BCUT2D eigenvalue weighted by Crippen LogP contribution is -2.20. The van der Waals surface area contributed by atoms with Crippen LogP contribution in [0.3, 0.4) is 0 Å². The van der Waals surface area contributed by atoms with Gasteiger partial charge in [-0.1, -0.05) is 18.2 Å². The van der Waals surface area contributed by atoms with Crippen LogP contribution in [0.4, 0.5) is 0 Å². The van der Waals surface area contributed by atoms with Crippen molar-refractivity contribution in [3.05, 3.63) is 34.8 Å². The van der Waals surface area contributed by atoms with E-state index in [-0.39, 0.29) is 5.84 Å². The molecule has 1 aromatic rings. The molecule has 0 aliphatic carbocycles. The maximum Gasteiger partial charge on any atom is 0.159 e. The standard InChI is InChI=1S/C8H6N2S/c9-8-7(11)5-3-1-2-4-6(5)10-8/h1-4H,(H2,9,10,11). The van der Waals surface area contributed by atoms with Gasteiger partial charge in [-0.2, -0.15) is 0 Å². The number of para-hydroxylation sites is 1. The van der Waals surface area contributed by atoms with Gasteiger partial charge in [-0.25, -0.2) is 4.99 Å². The van der Waals surface area contributed by atoms with Crippen LogP contribution in [0, 0.1) is 5.41 Å². The van der Waals surface area contributed by atoms with Crippen LogP contribution in [0.1, 0.15) is 0 Å². The Balaban J connectivity index is 3.00. The Bertz CT molecular complexity index is 434. The molecule has 0 aromatic heterocycles. The van der Waals surface area contributed by atoms with Gasteiger partial charge < -0.3 is 0 Å². The minimum absolute atomic E-state index is 0.259. The number of thiol groups is 1. The highest BCUT2D eigenvalue weighted by Gasteiger charge is 2.06. The van der Waals surface area contributed by atoms with Gasteiger partial charge in [0.05, 0.1) is 10.3 Å². The van der Waals surface area contributed by atoms with Crippen molar-refractivity contribution in [3.8, 4) is 0 Å². The summed E-state index contributed by atoms with van der Waals surface area (Å²) in [7, 11) is 0. The number of nitrogens with zero attached hydrogens (tertiary/aromatic N) is 1. The molecule has 2 nitrogen and oxygen atoms in total. The van der Waals surface area contributed by atoms with E-state index in [1.807, 2.05) is 24.3 Å². The van der Waals surface area contributed by atoms with E-state index in [2.05, 4.69) is 17.6 Å². The first kappa shape index (κ1) is 6.61. The fourth-order valence-corrected chi connectivity index (χ4v) is 1.31. The highest BCUT2D eigenvalue weighted by Crippen LogP contribution is 2.03. The fraction of sp³-hybridized carbons (Fsp3) is 0. The summed E-state index contributed by atoms with van der Waals surface area (Å²) in [5.41, 5.74) is 0. The van der Waals surface area contributed by atoms with E-state index in [1.165, 1.54) is 0 Å². The van der Waals surface area contributed by atoms with Crippen molar-refractivity contribution in [3.63, 3.8) is 0 Å². The second-order valence-electron chi connectivity index (χ2n) is 2.33. The van der Waals surface area contributed by atoms with Crippen molar-refractivity contribution < 1.29 is 0 Å². The maximum absolute atomic E-state index is 7.36. The molecule has 1 aliphatic heterocycles. The predicted molar refractivity (Wildman–Crippen MR) is 47.3 cm³/mol. The molecule has 0 spiro atoms. The van der Waals surface area contributed by atoms with Crippen LogP contribution in [0.25, 0.3) is 4.91 Å². The van der Waals surface area contributed by atoms with E-state index < -0.39 is 0 Å². The second kappa shape index (κ2) is 2.20. The third-order valence-corrected chi connectivity index (χ3v) is 2.07. The summed E-state index contributed by atoms with van der Waals surface area (Å²) in [6, 6.07) is 7.63. The molecule has 0 amide bonds. The zero-order chi connectivity index (χ0) is 7.84. The summed E-state index contributed by atoms with van der Waals surface area (Å²) in [6.45, 7) is 0. The molecule has 0 unspecified atom stereocenters. The summed E-state index contributed by atoms with van der Waals surface area (Å²) in [5, 5.41) is 9.17. The molecule has 54 valence electrons. The third kappa shape index (κ3) is 0.886. The van der Waals surface area contributed by atoms with Gasteiger partial charge in [-0.05, 0) is 6.07 Å². The molecule has 11 heavy (non-hydrogen) atoms. The Hall–Kier alpha value is -1.09. The Morgan fingerprint density at radius 2 is 2.00 bits per heavy atom. The van der Waals surface area contributed by atoms with Crippen LogP contribution in [-0.4, -0.2) is 5.84 Å². The molecule has 1 aliphatic rings. The molecule has 1 aromatic carbocycles. The minimum atomic E-state index is 0.259. The van der Waals surface area contributed by atoms with Crippen LogP contribution in [0.15, 0.2) is 29.3 Å². The Morgan fingerprint density at radius 3 is 2.73 bits per heavy atom. The van der Waals surface area contributed by atoms with Crippen molar-refractivity contribution >= 4 is 23.4 Å². The number of amidine groups is 1. The zero-order valence-corrected chi connectivity index (χ0v) is 6.60. The summed E-state index contributed by atoms with van der Waals surface area (Å²) in [6.07, 6.45) is 0. The number of hydrogen-bond donors (Lipinski definition) is 2. The van der Waals surface area contributed by atoms with E-state index in [9.17, 15) is 0 Å². The van der Waals surface area contributed by atoms with Crippen molar-refractivity contribution in [1.29, 1.82) is 5.41 Å². The number of fused-ring (bicyclic) bond motifs is 1. The SMILES string of the molecule is N=C1N=c2ccccc2=C1S. The topological polar surface area (TPSA) is 36.2 Å². The first-order valence-electron chi connectivity index (χ1n) is 3.25. The molecule has 0 saturated heterocycles. The van der Waals surface area contributed by atoms with Gasteiger partial charge in [0.2, 0.25) is 0 Å². The van der Waals surface area contributed by atoms with Crippen LogP contribution in [0.5, 0.6) is 0 Å². The molecule has 3 heteroatoms. The summed E-state index contributed by atoms with van der Waals surface area (Å²) < 4.78 is 0. The Kier molecular flexibility index (Phi) is 1.32. The van der Waals surface area contributed by atoms with Crippen molar-refractivity contribution in [2.24, 2.45) is 4.99 Å². The zero-order valence-electron chi connectivity index (χ0n) is 5.70. The average Bonchev–Trinajstić information content (AvgIpc) is 2.30. The highest BCUT2D eigenvalue weighted by molar-refractivity contribution is 7.91. The molecule has 0 saturated carbocycles. The number of hydrogen-bond acceptors (Lipinski definition) is 2. The Morgan fingerprint density at radius 1 is 1.27 bits per heavy atom. The van der Waals surface area contributed by atoms with Gasteiger partial charge in [0, 0.05) is 5.22 Å². The third-order valence-electron chi connectivity index (χ3n) is 1.62. The van der Waals surface area contributed by atoms with Crippen LogP contribution < -0.4 is 10.6 Å². The molecule has 0 radical (unpaired) electrons. The van der Waals surface area contributed by atoms with Crippen LogP contribution >= 0.6 is 12.6 Å². The lowest BCUT2D eigenvalue weighted by atomic mass is 10.3. The molecular weight excluding hydrogens is 156 g/mol. The predicted octanol–water partition coefficient (Wildman–Crippen LogP) is 0.335. The number of rotatable bonds is 0. The largest absolute Gasteiger partial charge is 0.282 e. The fourth-order valence-electron chi connectivity index (χ4n) is 1.07. The van der Waals surface area contributed by atoms with E-state index in [0.717, 1.165) is 10.6 Å². The molecule has 1 N–H and O–H groups in total. The van der Waals surface area contributed by atoms with E-state index in [1.54, 1.807) is 0 Å². The van der Waals surface area contributed by atoms with E-state index >= 15 is 0 Å². The monoisotopic (exact) mass is 162 g/mol.